The maximum Gasteiger partial charge on any atom is 0.241 e. The van der Waals surface area contributed by atoms with Gasteiger partial charge in [0.15, 0.2) is 0 Å². The van der Waals surface area contributed by atoms with Gasteiger partial charge in [-0.15, -0.1) is 0 Å². The van der Waals surface area contributed by atoms with E-state index in [1.54, 1.807) is 13.2 Å². The van der Waals surface area contributed by atoms with E-state index in [-0.39, 0.29) is 17.1 Å². The van der Waals surface area contributed by atoms with Gasteiger partial charge in [-0.05, 0) is 84.1 Å². The molecule has 1 saturated heterocycles. The Bertz CT molecular complexity index is 751. The molecule has 1 heterocycles. The number of ether oxygens (including phenoxy) is 1. The molecule has 25 heavy (non-hydrogen) atoms. The van der Waals surface area contributed by atoms with E-state index in [9.17, 15) is 8.42 Å². The highest BCUT2D eigenvalue weighted by molar-refractivity contribution is 7.89. The summed E-state index contributed by atoms with van der Waals surface area (Å²) in [5.74, 6) is 0.751. The molecule has 1 aliphatic rings. The minimum atomic E-state index is -3.59. The SMILES string of the molecule is COc1c(C)cc(S(=O)(=O)NC2CC(C)(C)NC(C)(C)C2)c(C)c1C. The van der Waals surface area contributed by atoms with E-state index in [0.717, 1.165) is 35.3 Å². The summed E-state index contributed by atoms with van der Waals surface area (Å²) in [5.41, 5.74) is 2.21. The molecule has 0 aromatic heterocycles. The number of sulfonamides is 1. The Labute approximate surface area is 152 Å². The van der Waals surface area contributed by atoms with Gasteiger partial charge in [-0.25, -0.2) is 13.1 Å². The van der Waals surface area contributed by atoms with Gasteiger partial charge in [-0.1, -0.05) is 0 Å². The third-order valence-corrected chi connectivity index (χ3v) is 6.63. The first-order valence-electron chi connectivity index (χ1n) is 8.74. The average molecular weight is 369 g/mol. The van der Waals surface area contributed by atoms with Crippen LogP contribution in [0.25, 0.3) is 0 Å². The Morgan fingerprint density at radius 2 is 1.60 bits per heavy atom. The van der Waals surface area contributed by atoms with Crippen LogP contribution in [0.3, 0.4) is 0 Å². The summed E-state index contributed by atoms with van der Waals surface area (Å²) >= 11 is 0. The van der Waals surface area contributed by atoms with Crippen molar-refractivity contribution in [3.63, 3.8) is 0 Å². The molecule has 0 saturated carbocycles. The van der Waals surface area contributed by atoms with Gasteiger partial charge < -0.3 is 10.1 Å². The van der Waals surface area contributed by atoms with Gasteiger partial charge in [-0.2, -0.15) is 0 Å². The molecule has 0 aliphatic carbocycles. The van der Waals surface area contributed by atoms with E-state index in [4.69, 9.17) is 4.74 Å². The molecule has 6 heteroatoms. The highest BCUT2D eigenvalue weighted by Gasteiger charge is 2.39. The van der Waals surface area contributed by atoms with Crippen LogP contribution in [0.1, 0.15) is 57.2 Å². The van der Waals surface area contributed by atoms with Crippen molar-refractivity contribution >= 4 is 10.0 Å². The molecule has 0 bridgehead atoms. The van der Waals surface area contributed by atoms with Crippen LogP contribution < -0.4 is 14.8 Å². The fourth-order valence-electron chi connectivity index (χ4n) is 4.30. The Kier molecular flexibility index (Phi) is 5.30. The molecule has 1 aromatic rings. The number of nitrogens with one attached hydrogen (secondary N) is 2. The molecule has 2 N–H and O–H groups in total. The Hall–Kier alpha value is -1.11. The summed E-state index contributed by atoms with van der Waals surface area (Å²) in [6.07, 6.45) is 1.51. The van der Waals surface area contributed by atoms with Crippen molar-refractivity contribution < 1.29 is 13.2 Å². The van der Waals surface area contributed by atoms with Crippen molar-refractivity contribution in [2.45, 2.75) is 83.3 Å². The third-order valence-electron chi connectivity index (χ3n) is 4.98. The van der Waals surface area contributed by atoms with E-state index in [1.165, 1.54) is 0 Å². The fraction of sp³-hybridized carbons (Fsp3) is 0.684. The lowest BCUT2D eigenvalue weighted by Gasteiger charge is -2.46. The second-order valence-electron chi connectivity index (χ2n) is 8.59. The number of benzene rings is 1. The van der Waals surface area contributed by atoms with Gasteiger partial charge in [0, 0.05) is 17.1 Å². The van der Waals surface area contributed by atoms with Gasteiger partial charge in [-0.3, -0.25) is 0 Å². The average Bonchev–Trinajstić information content (AvgIpc) is 2.39. The topological polar surface area (TPSA) is 67.4 Å². The van der Waals surface area contributed by atoms with Crippen LogP contribution in [0.5, 0.6) is 5.75 Å². The summed E-state index contributed by atoms with van der Waals surface area (Å²) in [5, 5.41) is 3.58. The van der Waals surface area contributed by atoms with Crippen molar-refractivity contribution in [2.24, 2.45) is 0 Å². The van der Waals surface area contributed by atoms with Gasteiger partial charge in [0.2, 0.25) is 10.0 Å². The quantitative estimate of drug-likeness (QED) is 0.856. The summed E-state index contributed by atoms with van der Waals surface area (Å²) in [6, 6.07) is 1.61. The van der Waals surface area contributed by atoms with E-state index < -0.39 is 10.0 Å². The maximum absolute atomic E-state index is 13.1. The second kappa shape index (κ2) is 6.56. The lowest BCUT2D eigenvalue weighted by Crippen LogP contribution is -2.62. The molecule has 0 atom stereocenters. The first-order chi connectivity index (χ1) is 11.3. The molecule has 142 valence electrons. The number of hydrogen-bond donors (Lipinski definition) is 2. The molecule has 1 fully saturated rings. The van der Waals surface area contributed by atoms with Gasteiger partial charge in [0.05, 0.1) is 12.0 Å². The molecular formula is C19H32N2O3S. The lowest BCUT2D eigenvalue weighted by atomic mass is 9.80. The predicted octanol–water partition coefficient (Wildman–Crippen LogP) is 3.21. The zero-order valence-corrected chi connectivity index (χ0v) is 17.5. The number of piperidine rings is 1. The highest BCUT2D eigenvalue weighted by atomic mass is 32.2. The largest absolute Gasteiger partial charge is 0.496 e. The molecule has 1 aromatic carbocycles. The molecule has 0 spiro atoms. The first-order valence-corrected chi connectivity index (χ1v) is 10.2. The Morgan fingerprint density at radius 1 is 1.08 bits per heavy atom. The van der Waals surface area contributed by atoms with Crippen LogP contribution in [0.15, 0.2) is 11.0 Å². The van der Waals surface area contributed by atoms with Crippen molar-refractivity contribution in [2.75, 3.05) is 7.11 Å². The Balaban J connectivity index is 2.37. The van der Waals surface area contributed by atoms with Crippen molar-refractivity contribution in [3.05, 3.63) is 22.8 Å². The van der Waals surface area contributed by atoms with Gasteiger partial charge >= 0.3 is 0 Å². The highest BCUT2D eigenvalue weighted by Crippen LogP contribution is 2.33. The standard InChI is InChI=1S/C19H32N2O3S/c1-12-9-16(13(2)14(3)17(12)24-8)25(22,23)20-15-10-18(4,5)21-19(6,7)11-15/h9,15,20-21H,10-11H2,1-8H3. The molecular weight excluding hydrogens is 336 g/mol. The molecule has 5 nitrogen and oxygen atoms in total. The minimum Gasteiger partial charge on any atom is -0.496 e. The zero-order valence-electron chi connectivity index (χ0n) is 16.7. The number of hydrogen-bond acceptors (Lipinski definition) is 4. The number of rotatable bonds is 4. The fourth-order valence-corrected chi connectivity index (χ4v) is 5.92. The maximum atomic E-state index is 13.1. The van der Waals surface area contributed by atoms with Crippen LogP contribution in [0.4, 0.5) is 0 Å². The van der Waals surface area contributed by atoms with Crippen molar-refractivity contribution in [1.82, 2.24) is 10.0 Å². The summed E-state index contributed by atoms with van der Waals surface area (Å²) < 4.78 is 34.5. The van der Waals surface area contributed by atoms with E-state index >= 15 is 0 Å². The van der Waals surface area contributed by atoms with Crippen LogP contribution >= 0.6 is 0 Å². The number of aryl methyl sites for hydroxylation is 1. The predicted molar refractivity (Wildman–Crippen MR) is 102 cm³/mol. The molecule has 0 amide bonds. The monoisotopic (exact) mass is 368 g/mol. The van der Waals surface area contributed by atoms with Gasteiger partial charge in [0.1, 0.15) is 5.75 Å². The Morgan fingerprint density at radius 3 is 2.08 bits per heavy atom. The minimum absolute atomic E-state index is 0.0987. The molecule has 0 unspecified atom stereocenters. The van der Waals surface area contributed by atoms with Crippen LogP contribution in [0.2, 0.25) is 0 Å². The summed E-state index contributed by atoms with van der Waals surface area (Å²) in [7, 11) is -1.98. The van der Waals surface area contributed by atoms with Crippen LogP contribution in [0, 0.1) is 20.8 Å². The third kappa shape index (κ3) is 4.36. The zero-order chi connectivity index (χ0) is 19.2. The van der Waals surface area contributed by atoms with Crippen LogP contribution in [-0.4, -0.2) is 32.6 Å². The molecule has 0 radical (unpaired) electrons. The summed E-state index contributed by atoms with van der Waals surface area (Å²) in [4.78, 5) is 0.345. The van der Waals surface area contributed by atoms with E-state index in [1.807, 2.05) is 20.8 Å². The first kappa shape index (κ1) is 20.2. The second-order valence-corrected chi connectivity index (χ2v) is 10.3. The smallest absolute Gasteiger partial charge is 0.241 e. The molecule has 2 rings (SSSR count). The van der Waals surface area contributed by atoms with Crippen LogP contribution in [-0.2, 0) is 10.0 Å². The van der Waals surface area contributed by atoms with Crippen molar-refractivity contribution in [3.8, 4) is 5.75 Å². The summed E-state index contributed by atoms with van der Waals surface area (Å²) in [6.45, 7) is 14.1. The lowest BCUT2D eigenvalue weighted by molar-refractivity contribution is 0.157. The van der Waals surface area contributed by atoms with Gasteiger partial charge in [0.25, 0.3) is 0 Å². The van der Waals surface area contributed by atoms with Crippen molar-refractivity contribution in [1.29, 1.82) is 0 Å². The number of methoxy groups -OCH3 is 1. The normalized spacial score (nSPS) is 20.5. The van der Waals surface area contributed by atoms with E-state index in [2.05, 4.69) is 37.7 Å². The molecule has 1 aliphatic heterocycles. The van der Waals surface area contributed by atoms with E-state index in [0.29, 0.717) is 4.90 Å².